The summed E-state index contributed by atoms with van der Waals surface area (Å²) in [5.74, 6) is -0.334. The van der Waals surface area contributed by atoms with E-state index in [1.165, 1.54) is 0 Å². The molecule has 102 valence electrons. The second-order valence-electron chi connectivity index (χ2n) is 4.59. The summed E-state index contributed by atoms with van der Waals surface area (Å²) in [7, 11) is 1.90. The van der Waals surface area contributed by atoms with Gasteiger partial charge in [0.2, 0.25) is 5.91 Å². The van der Waals surface area contributed by atoms with Gasteiger partial charge in [-0.1, -0.05) is 13.8 Å². The molecule has 0 fully saturated rings. The predicted octanol–water partition coefficient (Wildman–Crippen LogP) is 1.49. The minimum atomic E-state index is -0.684. The smallest absolute Gasteiger partial charge is 0.237 e. The van der Waals surface area contributed by atoms with E-state index in [4.69, 9.17) is 5.73 Å². The van der Waals surface area contributed by atoms with Crippen molar-refractivity contribution in [1.29, 1.82) is 0 Å². The van der Waals surface area contributed by atoms with Crippen molar-refractivity contribution in [3.63, 3.8) is 0 Å². The van der Waals surface area contributed by atoms with E-state index in [0.717, 1.165) is 22.3 Å². The Morgan fingerprint density at radius 3 is 2.56 bits per heavy atom. The summed E-state index contributed by atoms with van der Waals surface area (Å²) < 4.78 is 2.83. The van der Waals surface area contributed by atoms with Crippen LogP contribution in [0.2, 0.25) is 0 Å². The summed E-state index contributed by atoms with van der Waals surface area (Å²) in [5.41, 5.74) is 6.77. The molecule has 18 heavy (non-hydrogen) atoms. The molecule has 0 spiro atoms. The highest BCUT2D eigenvalue weighted by molar-refractivity contribution is 9.10. The minimum absolute atomic E-state index is 0.334. The lowest BCUT2D eigenvalue weighted by atomic mass is 9.98. The van der Waals surface area contributed by atoms with Crippen molar-refractivity contribution in [2.45, 2.75) is 45.7 Å². The number of nitrogens with one attached hydrogen (secondary N) is 1. The topological polar surface area (TPSA) is 72.9 Å². The molecule has 3 N–H and O–H groups in total. The van der Waals surface area contributed by atoms with Crippen LogP contribution in [0, 0.1) is 0 Å². The summed E-state index contributed by atoms with van der Waals surface area (Å²) in [5, 5.41) is 7.63. The second-order valence-corrected chi connectivity index (χ2v) is 5.38. The summed E-state index contributed by atoms with van der Waals surface area (Å²) in [6.07, 6.45) is 1.52. The standard InChI is InChI=1S/C12H21BrN4O/c1-5-8-10(13)9(17(4)16-8)7-15-12(3,6-2)11(14)18/h15H,5-7H2,1-4H3,(H2,14,18). The Balaban J connectivity index is 2.86. The van der Waals surface area contributed by atoms with Crippen LogP contribution in [-0.2, 0) is 24.8 Å². The van der Waals surface area contributed by atoms with Gasteiger partial charge in [0.15, 0.2) is 0 Å². The molecule has 1 aromatic heterocycles. The number of rotatable bonds is 6. The van der Waals surface area contributed by atoms with Gasteiger partial charge >= 0.3 is 0 Å². The Morgan fingerprint density at radius 2 is 2.17 bits per heavy atom. The predicted molar refractivity (Wildman–Crippen MR) is 75.0 cm³/mol. The Kier molecular flexibility index (Phi) is 4.92. The number of primary amides is 1. The van der Waals surface area contributed by atoms with Crippen LogP contribution in [0.4, 0.5) is 0 Å². The van der Waals surface area contributed by atoms with Crippen LogP contribution in [0.5, 0.6) is 0 Å². The van der Waals surface area contributed by atoms with E-state index in [2.05, 4.69) is 33.3 Å². The zero-order chi connectivity index (χ0) is 13.9. The highest BCUT2D eigenvalue weighted by atomic mass is 79.9. The van der Waals surface area contributed by atoms with E-state index in [1.54, 1.807) is 0 Å². The highest BCUT2D eigenvalue weighted by Crippen LogP contribution is 2.22. The fraction of sp³-hybridized carbons (Fsp3) is 0.667. The number of nitrogens with two attached hydrogens (primary N) is 1. The summed E-state index contributed by atoms with van der Waals surface area (Å²) in [6, 6.07) is 0. The number of aromatic nitrogens is 2. The van der Waals surface area contributed by atoms with Gasteiger partial charge in [0.25, 0.3) is 0 Å². The van der Waals surface area contributed by atoms with Gasteiger partial charge in [-0.3, -0.25) is 14.8 Å². The molecule has 6 heteroatoms. The van der Waals surface area contributed by atoms with Crippen LogP contribution in [-0.4, -0.2) is 21.2 Å². The number of nitrogens with zero attached hydrogens (tertiary/aromatic N) is 2. The maximum absolute atomic E-state index is 11.4. The van der Waals surface area contributed by atoms with Crippen LogP contribution in [0.15, 0.2) is 4.47 Å². The average molecular weight is 317 g/mol. The Morgan fingerprint density at radius 1 is 1.56 bits per heavy atom. The van der Waals surface area contributed by atoms with Gasteiger partial charge < -0.3 is 5.73 Å². The molecule has 0 saturated heterocycles. The number of hydrogen-bond donors (Lipinski definition) is 2. The molecule has 0 bridgehead atoms. The van der Waals surface area contributed by atoms with E-state index in [0.29, 0.717) is 13.0 Å². The molecule has 1 aromatic rings. The summed E-state index contributed by atoms with van der Waals surface area (Å²) >= 11 is 3.55. The first-order chi connectivity index (χ1) is 8.35. The fourth-order valence-electron chi connectivity index (χ4n) is 1.68. The van der Waals surface area contributed by atoms with E-state index in [-0.39, 0.29) is 5.91 Å². The Hall–Kier alpha value is -0.880. The van der Waals surface area contributed by atoms with Crippen LogP contribution in [0.3, 0.4) is 0 Å². The number of aryl methyl sites for hydroxylation is 2. The maximum atomic E-state index is 11.4. The van der Waals surface area contributed by atoms with Gasteiger partial charge in [-0.15, -0.1) is 0 Å². The van der Waals surface area contributed by atoms with E-state index < -0.39 is 5.54 Å². The van der Waals surface area contributed by atoms with E-state index in [9.17, 15) is 4.79 Å². The van der Waals surface area contributed by atoms with Gasteiger partial charge in [0, 0.05) is 13.6 Å². The monoisotopic (exact) mass is 316 g/mol. The van der Waals surface area contributed by atoms with Crippen LogP contribution < -0.4 is 11.1 Å². The third-order valence-electron chi connectivity index (χ3n) is 3.40. The molecule has 0 saturated carbocycles. The van der Waals surface area contributed by atoms with E-state index in [1.807, 2.05) is 25.6 Å². The molecule has 1 amide bonds. The van der Waals surface area contributed by atoms with Crippen molar-refractivity contribution in [3.8, 4) is 0 Å². The molecule has 0 radical (unpaired) electrons. The third-order valence-corrected chi connectivity index (χ3v) is 4.32. The lowest BCUT2D eigenvalue weighted by Gasteiger charge is -2.26. The number of carbonyl (C=O) groups excluding carboxylic acids is 1. The molecule has 0 aliphatic heterocycles. The number of carbonyl (C=O) groups is 1. The summed E-state index contributed by atoms with van der Waals surface area (Å²) in [6.45, 7) is 6.37. The zero-order valence-electron chi connectivity index (χ0n) is 11.4. The van der Waals surface area contributed by atoms with Crippen LogP contribution in [0.25, 0.3) is 0 Å². The molecular formula is C12H21BrN4O. The van der Waals surface area contributed by atoms with Gasteiger partial charge in [0.1, 0.15) is 0 Å². The fourth-order valence-corrected chi connectivity index (χ4v) is 2.43. The second kappa shape index (κ2) is 5.84. The third kappa shape index (κ3) is 2.92. The highest BCUT2D eigenvalue weighted by Gasteiger charge is 2.28. The molecule has 1 atom stereocenters. The molecule has 1 unspecified atom stereocenters. The molecule has 5 nitrogen and oxygen atoms in total. The molecular weight excluding hydrogens is 296 g/mol. The first kappa shape index (κ1) is 15.2. The average Bonchev–Trinajstić information content (AvgIpc) is 2.61. The van der Waals surface area contributed by atoms with Crippen LogP contribution in [0.1, 0.15) is 38.6 Å². The van der Waals surface area contributed by atoms with Gasteiger partial charge in [-0.25, -0.2) is 0 Å². The normalized spacial score (nSPS) is 14.5. The molecule has 0 aliphatic rings. The van der Waals surface area contributed by atoms with Crippen molar-refractivity contribution in [2.75, 3.05) is 0 Å². The largest absolute Gasteiger partial charge is 0.368 e. The van der Waals surface area contributed by atoms with Gasteiger partial charge in [0.05, 0.1) is 21.4 Å². The lowest BCUT2D eigenvalue weighted by Crippen LogP contribution is -2.52. The van der Waals surface area contributed by atoms with Crippen molar-refractivity contribution in [2.24, 2.45) is 12.8 Å². The number of amides is 1. The lowest BCUT2D eigenvalue weighted by molar-refractivity contribution is -0.124. The van der Waals surface area contributed by atoms with Crippen molar-refractivity contribution >= 4 is 21.8 Å². The molecule has 1 rings (SSSR count). The first-order valence-corrected chi connectivity index (χ1v) is 6.90. The van der Waals surface area contributed by atoms with Crippen molar-refractivity contribution < 1.29 is 4.79 Å². The minimum Gasteiger partial charge on any atom is -0.368 e. The molecule has 0 aliphatic carbocycles. The number of hydrogen-bond acceptors (Lipinski definition) is 3. The SMILES string of the molecule is CCc1nn(C)c(CNC(C)(CC)C(N)=O)c1Br. The van der Waals surface area contributed by atoms with Crippen LogP contribution >= 0.6 is 15.9 Å². The van der Waals surface area contributed by atoms with Crippen molar-refractivity contribution in [3.05, 3.63) is 15.9 Å². The first-order valence-electron chi connectivity index (χ1n) is 6.10. The summed E-state index contributed by atoms with van der Waals surface area (Å²) in [4.78, 5) is 11.4. The quantitative estimate of drug-likeness (QED) is 0.835. The van der Waals surface area contributed by atoms with Gasteiger partial charge in [-0.2, -0.15) is 5.10 Å². The molecule has 1 heterocycles. The van der Waals surface area contributed by atoms with Gasteiger partial charge in [-0.05, 0) is 35.7 Å². The number of halogens is 1. The maximum Gasteiger partial charge on any atom is 0.237 e. The Labute approximate surface area is 116 Å². The Bertz CT molecular complexity index is 444. The zero-order valence-corrected chi connectivity index (χ0v) is 13.0. The van der Waals surface area contributed by atoms with Crippen molar-refractivity contribution in [1.82, 2.24) is 15.1 Å². The molecule has 0 aromatic carbocycles. The van der Waals surface area contributed by atoms with E-state index >= 15 is 0 Å².